The van der Waals surface area contributed by atoms with Gasteiger partial charge in [-0.2, -0.15) is 0 Å². The molecule has 0 aromatic rings. The van der Waals surface area contributed by atoms with Gasteiger partial charge in [0.15, 0.2) is 0 Å². The first-order chi connectivity index (χ1) is 7.05. The second kappa shape index (κ2) is 3.92. The van der Waals surface area contributed by atoms with Crippen molar-refractivity contribution >= 4 is 5.78 Å². The second-order valence-electron chi connectivity index (χ2n) is 6.17. The summed E-state index contributed by atoms with van der Waals surface area (Å²) < 4.78 is 0. The van der Waals surface area contributed by atoms with Crippen LogP contribution in [0.4, 0.5) is 0 Å². The van der Waals surface area contributed by atoms with Crippen molar-refractivity contribution in [3.8, 4) is 0 Å². The lowest BCUT2D eigenvalue weighted by Gasteiger charge is -2.39. The molecular formula is C14H24O. The predicted octanol–water partition coefficient (Wildman–Crippen LogP) is 3.82. The van der Waals surface area contributed by atoms with Gasteiger partial charge in [0.2, 0.25) is 0 Å². The zero-order valence-corrected chi connectivity index (χ0v) is 10.4. The summed E-state index contributed by atoms with van der Waals surface area (Å²) in [5, 5.41) is 0. The van der Waals surface area contributed by atoms with Crippen LogP contribution in [-0.2, 0) is 4.79 Å². The summed E-state index contributed by atoms with van der Waals surface area (Å²) in [6.45, 7) is 6.36. The highest BCUT2D eigenvalue weighted by atomic mass is 16.1. The van der Waals surface area contributed by atoms with Crippen LogP contribution in [0.5, 0.6) is 0 Å². The highest BCUT2D eigenvalue weighted by molar-refractivity contribution is 5.76. The van der Waals surface area contributed by atoms with Crippen LogP contribution in [0.2, 0.25) is 0 Å². The van der Waals surface area contributed by atoms with Gasteiger partial charge in [0.05, 0.1) is 0 Å². The largest absolute Gasteiger partial charge is 0.300 e. The van der Waals surface area contributed by atoms with Crippen molar-refractivity contribution in [2.75, 3.05) is 0 Å². The summed E-state index contributed by atoms with van der Waals surface area (Å²) in [6.07, 6.45) is 7.72. The number of fused-ring (bicyclic) bond motifs is 2. The maximum absolute atomic E-state index is 11.4. The third kappa shape index (κ3) is 1.98. The molecule has 0 N–H and O–H groups in total. The van der Waals surface area contributed by atoms with Crippen molar-refractivity contribution in [3.05, 3.63) is 0 Å². The molecule has 0 aromatic carbocycles. The van der Waals surface area contributed by atoms with Crippen LogP contribution in [0.15, 0.2) is 0 Å². The molecule has 4 unspecified atom stereocenters. The minimum Gasteiger partial charge on any atom is -0.300 e. The summed E-state index contributed by atoms with van der Waals surface area (Å²) in [7, 11) is 0. The first kappa shape index (κ1) is 11.2. The number of carbonyl (C=O) groups excluding carboxylic acids is 1. The van der Waals surface area contributed by atoms with Crippen molar-refractivity contribution in [2.45, 2.75) is 59.3 Å². The second-order valence-corrected chi connectivity index (χ2v) is 6.17. The van der Waals surface area contributed by atoms with E-state index in [2.05, 4.69) is 13.8 Å². The standard InChI is InChI=1S/C14H24O/c1-4-14(3,9-10(2)15)13-8-11-5-6-12(13)7-11/h11-13H,4-9H2,1-3H3. The van der Waals surface area contributed by atoms with Crippen LogP contribution in [0.25, 0.3) is 0 Å². The molecule has 0 radical (unpaired) electrons. The fourth-order valence-corrected chi connectivity index (χ4v) is 4.19. The Morgan fingerprint density at radius 1 is 1.33 bits per heavy atom. The Balaban J connectivity index is 2.09. The van der Waals surface area contributed by atoms with E-state index in [0.29, 0.717) is 11.2 Å². The van der Waals surface area contributed by atoms with Crippen molar-refractivity contribution < 1.29 is 4.79 Å². The molecule has 0 aromatic heterocycles. The maximum Gasteiger partial charge on any atom is 0.130 e. The molecule has 15 heavy (non-hydrogen) atoms. The van der Waals surface area contributed by atoms with Crippen molar-refractivity contribution in [1.29, 1.82) is 0 Å². The third-order valence-corrected chi connectivity index (χ3v) is 5.09. The molecule has 0 amide bonds. The molecule has 0 spiro atoms. The first-order valence-corrected chi connectivity index (χ1v) is 6.54. The Morgan fingerprint density at radius 2 is 2.07 bits per heavy atom. The molecule has 2 aliphatic rings. The van der Waals surface area contributed by atoms with Gasteiger partial charge in [-0.1, -0.05) is 26.7 Å². The number of Topliss-reactive ketones (excluding diaryl/α,β-unsaturated/α-hetero) is 1. The van der Waals surface area contributed by atoms with E-state index in [0.717, 1.165) is 24.2 Å². The predicted molar refractivity (Wildman–Crippen MR) is 62.6 cm³/mol. The van der Waals surface area contributed by atoms with Gasteiger partial charge in [-0.3, -0.25) is 0 Å². The molecule has 1 nitrogen and oxygen atoms in total. The molecule has 0 aliphatic heterocycles. The number of rotatable bonds is 4. The van der Waals surface area contributed by atoms with E-state index in [9.17, 15) is 4.79 Å². The van der Waals surface area contributed by atoms with Crippen molar-refractivity contribution in [2.24, 2.45) is 23.2 Å². The quantitative estimate of drug-likeness (QED) is 0.686. The Bertz CT molecular complexity index is 258. The number of hydrogen-bond acceptors (Lipinski definition) is 1. The number of carbonyl (C=O) groups is 1. The van der Waals surface area contributed by atoms with Gasteiger partial charge >= 0.3 is 0 Å². The minimum atomic E-state index is 0.297. The van der Waals surface area contributed by atoms with Gasteiger partial charge in [-0.25, -0.2) is 0 Å². The van der Waals surface area contributed by atoms with Gasteiger partial charge in [0.25, 0.3) is 0 Å². The highest BCUT2D eigenvalue weighted by Gasteiger charge is 2.47. The zero-order valence-electron chi connectivity index (χ0n) is 10.4. The minimum absolute atomic E-state index is 0.297. The first-order valence-electron chi connectivity index (χ1n) is 6.54. The van der Waals surface area contributed by atoms with Crippen molar-refractivity contribution in [1.82, 2.24) is 0 Å². The summed E-state index contributed by atoms with van der Waals surface area (Å²) in [5.74, 6) is 3.16. The Morgan fingerprint density at radius 3 is 2.47 bits per heavy atom. The molecule has 1 heteroatoms. The van der Waals surface area contributed by atoms with Gasteiger partial charge in [-0.15, -0.1) is 0 Å². The fraction of sp³-hybridized carbons (Fsp3) is 0.929. The molecule has 2 bridgehead atoms. The molecule has 2 rings (SSSR count). The third-order valence-electron chi connectivity index (χ3n) is 5.09. The van der Waals surface area contributed by atoms with E-state index in [1.165, 1.54) is 32.1 Å². The smallest absolute Gasteiger partial charge is 0.130 e. The molecule has 2 aliphatic carbocycles. The van der Waals surface area contributed by atoms with Gasteiger partial charge in [0, 0.05) is 6.42 Å². The summed E-state index contributed by atoms with van der Waals surface area (Å²) in [6, 6.07) is 0. The Kier molecular flexibility index (Phi) is 2.92. The van der Waals surface area contributed by atoms with E-state index >= 15 is 0 Å². The van der Waals surface area contributed by atoms with Gasteiger partial charge in [0.1, 0.15) is 5.78 Å². The van der Waals surface area contributed by atoms with Gasteiger partial charge < -0.3 is 4.79 Å². The van der Waals surface area contributed by atoms with Crippen LogP contribution in [-0.4, -0.2) is 5.78 Å². The van der Waals surface area contributed by atoms with E-state index < -0.39 is 0 Å². The van der Waals surface area contributed by atoms with Crippen LogP contribution in [0.3, 0.4) is 0 Å². The van der Waals surface area contributed by atoms with E-state index in [1.54, 1.807) is 6.92 Å². The molecule has 0 heterocycles. The lowest BCUT2D eigenvalue weighted by atomic mass is 9.65. The SMILES string of the molecule is CCC(C)(CC(C)=O)C1CC2CCC1C2. The molecule has 4 atom stereocenters. The average Bonchev–Trinajstić information content (AvgIpc) is 2.77. The van der Waals surface area contributed by atoms with E-state index in [4.69, 9.17) is 0 Å². The molecule has 0 saturated heterocycles. The molecule has 2 saturated carbocycles. The van der Waals surface area contributed by atoms with Crippen molar-refractivity contribution in [3.63, 3.8) is 0 Å². The fourth-order valence-electron chi connectivity index (χ4n) is 4.19. The van der Waals surface area contributed by atoms with E-state index in [1.807, 2.05) is 0 Å². The van der Waals surface area contributed by atoms with Gasteiger partial charge in [-0.05, 0) is 49.4 Å². The lowest BCUT2D eigenvalue weighted by molar-refractivity contribution is -0.120. The summed E-state index contributed by atoms with van der Waals surface area (Å²) in [5.41, 5.74) is 0.297. The van der Waals surface area contributed by atoms with Crippen LogP contribution in [0, 0.1) is 23.2 Å². The highest BCUT2D eigenvalue weighted by Crippen LogP contribution is 2.56. The number of ketones is 1. The summed E-state index contributed by atoms with van der Waals surface area (Å²) >= 11 is 0. The number of hydrogen-bond donors (Lipinski definition) is 0. The monoisotopic (exact) mass is 208 g/mol. The Hall–Kier alpha value is -0.330. The molecule has 2 fully saturated rings. The lowest BCUT2D eigenvalue weighted by Crippen LogP contribution is -2.32. The normalized spacial score (nSPS) is 37.9. The summed E-state index contributed by atoms with van der Waals surface area (Å²) in [4.78, 5) is 11.4. The maximum atomic E-state index is 11.4. The zero-order chi connectivity index (χ0) is 11.1. The topological polar surface area (TPSA) is 17.1 Å². The van der Waals surface area contributed by atoms with Crippen LogP contribution in [0.1, 0.15) is 59.3 Å². The Labute approximate surface area is 93.6 Å². The average molecular weight is 208 g/mol. The van der Waals surface area contributed by atoms with E-state index in [-0.39, 0.29) is 0 Å². The molecular weight excluding hydrogens is 184 g/mol. The molecule has 86 valence electrons. The van der Waals surface area contributed by atoms with Crippen LogP contribution >= 0.6 is 0 Å². The van der Waals surface area contributed by atoms with Crippen LogP contribution < -0.4 is 0 Å².